The molecule has 2 aliphatic heterocycles. The zero-order valence-electron chi connectivity index (χ0n) is 18.4. The van der Waals surface area contributed by atoms with Crippen LogP contribution in [-0.4, -0.2) is 46.2 Å². The van der Waals surface area contributed by atoms with Crippen molar-refractivity contribution in [3.8, 4) is 5.75 Å². The molecular formula is C24H36N2O5. The zero-order valence-corrected chi connectivity index (χ0v) is 18.4. The van der Waals surface area contributed by atoms with Crippen molar-refractivity contribution in [2.45, 2.75) is 89.4 Å². The average Bonchev–Trinajstić information content (AvgIpc) is 3.09. The summed E-state index contributed by atoms with van der Waals surface area (Å²) in [5, 5.41) is 22.3. The summed E-state index contributed by atoms with van der Waals surface area (Å²) in [7, 11) is 0. The van der Waals surface area contributed by atoms with Crippen LogP contribution in [0.5, 0.6) is 5.75 Å². The summed E-state index contributed by atoms with van der Waals surface area (Å²) in [6.45, 7) is 1.90. The fourth-order valence-corrected chi connectivity index (χ4v) is 4.55. The minimum atomic E-state index is -0.761. The lowest BCUT2D eigenvalue weighted by atomic mass is 10.1. The Balaban J connectivity index is 1.36. The highest BCUT2D eigenvalue weighted by Crippen LogP contribution is 2.39. The van der Waals surface area contributed by atoms with E-state index in [2.05, 4.69) is 5.32 Å². The number of hydrogen-bond donors (Lipinski definition) is 3. The first-order valence-corrected chi connectivity index (χ1v) is 11.8. The predicted molar refractivity (Wildman–Crippen MR) is 118 cm³/mol. The Hall–Kier alpha value is -2.12. The number of benzene rings is 1. The first-order valence-electron chi connectivity index (χ1n) is 11.8. The number of hydrogen-bond acceptors (Lipinski definition) is 5. The SMILES string of the molecule is O=C(O)CCCCCCCCCCOc1cccc2c1CN(C1CCCNC1=O)C2O. The monoisotopic (exact) mass is 432 g/mol. The number of nitrogens with zero attached hydrogens (tertiary/aromatic N) is 1. The molecule has 2 heterocycles. The van der Waals surface area contributed by atoms with Crippen molar-refractivity contribution in [3.05, 3.63) is 29.3 Å². The van der Waals surface area contributed by atoms with Gasteiger partial charge in [-0.3, -0.25) is 14.5 Å². The van der Waals surface area contributed by atoms with Crippen LogP contribution < -0.4 is 10.1 Å². The molecule has 1 saturated heterocycles. The summed E-state index contributed by atoms with van der Waals surface area (Å²) in [5.41, 5.74) is 1.84. The van der Waals surface area contributed by atoms with E-state index in [-0.39, 0.29) is 18.4 Å². The maximum atomic E-state index is 12.2. The van der Waals surface area contributed by atoms with Crippen LogP contribution in [0.25, 0.3) is 0 Å². The lowest BCUT2D eigenvalue weighted by molar-refractivity contribution is -0.137. The highest BCUT2D eigenvalue weighted by atomic mass is 16.5. The number of nitrogens with one attached hydrogen (secondary N) is 1. The van der Waals surface area contributed by atoms with Crippen molar-refractivity contribution in [1.29, 1.82) is 0 Å². The third kappa shape index (κ3) is 6.68. The smallest absolute Gasteiger partial charge is 0.303 e. The minimum Gasteiger partial charge on any atom is -0.493 e. The van der Waals surface area contributed by atoms with Gasteiger partial charge in [0.15, 0.2) is 0 Å². The summed E-state index contributed by atoms with van der Waals surface area (Å²) in [5.74, 6) is 0.113. The highest BCUT2D eigenvalue weighted by molar-refractivity contribution is 5.82. The topological polar surface area (TPSA) is 99.1 Å². The van der Waals surface area contributed by atoms with Gasteiger partial charge in [-0.15, -0.1) is 0 Å². The first-order chi connectivity index (χ1) is 15.1. The second-order valence-corrected chi connectivity index (χ2v) is 8.64. The second-order valence-electron chi connectivity index (χ2n) is 8.64. The number of carbonyl (C=O) groups is 2. The Morgan fingerprint density at radius 3 is 2.52 bits per heavy atom. The fourth-order valence-electron chi connectivity index (χ4n) is 4.55. The van der Waals surface area contributed by atoms with Gasteiger partial charge in [0.05, 0.1) is 12.6 Å². The molecule has 2 unspecified atom stereocenters. The van der Waals surface area contributed by atoms with Crippen LogP contribution in [0.15, 0.2) is 18.2 Å². The first kappa shape index (κ1) is 23.5. The van der Waals surface area contributed by atoms with E-state index < -0.39 is 12.2 Å². The highest BCUT2D eigenvalue weighted by Gasteiger charge is 2.39. The standard InChI is InChI=1S/C24H36N2O5/c27-22(28)14-7-5-3-1-2-4-6-8-16-31-21-13-9-11-18-19(21)17-26(24(18)30)20-12-10-15-25-23(20)29/h9,11,13,20,24,30H,1-8,10,12,14-17H2,(H,25,29)(H,27,28). The molecular weight excluding hydrogens is 396 g/mol. The van der Waals surface area contributed by atoms with Gasteiger partial charge in [-0.2, -0.15) is 0 Å². The number of carbonyl (C=O) groups excluding carboxylic acids is 1. The van der Waals surface area contributed by atoms with Gasteiger partial charge < -0.3 is 20.3 Å². The van der Waals surface area contributed by atoms with Crippen LogP contribution in [0.3, 0.4) is 0 Å². The van der Waals surface area contributed by atoms with Crippen molar-refractivity contribution >= 4 is 11.9 Å². The van der Waals surface area contributed by atoms with Crippen LogP contribution in [0.1, 0.15) is 88.0 Å². The van der Waals surface area contributed by atoms with Gasteiger partial charge >= 0.3 is 5.97 Å². The number of aliphatic hydroxyl groups is 1. The number of aliphatic carboxylic acids is 1. The molecule has 0 spiro atoms. The summed E-state index contributed by atoms with van der Waals surface area (Å²) in [6.07, 6.45) is 9.72. The Kier molecular flexibility index (Phi) is 9.15. The average molecular weight is 433 g/mol. The third-order valence-corrected chi connectivity index (χ3v) is 6.30. The van der Waals surface area contributed by atoms with E-state index in [1.165, 1.54) is 12.8 Å². The Morgan fingerprint density at radius 1 is 1.10 bits per heavy atom. The normalized spacial score (nSPS) is 21.0. The summed E-state index contributed by atoms with van der Waals surface area (Å²) >= 11 is 0. The molecule has 2 aliphatic rings. The molecule has 3 N–H and O–H groups in total. The molecule has 1 fully saturated rings. The van der Waals surface area contributed by atoms with Gasteiger partial charge in [-0.1, -0.05) is 50.7 Å². The number of fused-ring (bicyclic) bond motifs is 1. The molecule has 0 aliphatic carbocycles. The van der Waals surface area contributed by atoms with Gasteiger partial charge in [0, 0.05) is 30.6 Å². The predicted octanol–water partition coefficient (Wildman–Crippen LogP) is 3.75. The second kappa shape index (κ2) is 12.1. The summed E-state index contributed by atoms with van der Waals surface area (Å²) in [4.78, 5) is 24.6. The van der Waals surface area contributed by atoms with Crippen molar-refractivity contribution in [3.63, 3.8) is 0 Å². The number of rotatable bonds is 13. The maximum absolute atomic E-state index is 12.2. The van der Waals surface area contributed by atoms with Crippen LogP contribution in [0, 0.1) is 0 Å². The fraction of sp³-hybridized carbons (Fsp3) is 0.667. The molecule has 7 heteroatoms. The van der Waals surface area contributed by atoms with E-state index in [9.17, 15) is 14.7 Å². The van der Waals surface area contributed by atoms with Crippen LogP contribution in [0.2, 0.25) is 0 Å². The lowest BCUT2D eigenvalue weighted by Crippen LogP contribution is -2.49. The van der Waals surface area contributed by atoms with E-state index in [1.54, 1.807) is 0 Å². The quantitative estimate of drug-likeness (QED) is 0.411. The van der Waals surface area contributed by atoms with Crippen LogP contribution >= 0.6 is 0 Å². The number of ether oxygens (including phenoxy) is 1. The number of carboxylic acids is 1. The number of piperidine rings is 1. The Labute approximate surface area is 184 Å². The third-order valence-electron chi connectivity index (χ3n) is 6.30. The lowest BCUT2D eigenvalue weighted by Gasteiger charge is -2.32. The minimum absolute atomic E-state index is 0.00228. The van der Waals surface area contributed by atoms with Crippen molar-refractivity contribution in [2.75, 3.05) is 13.2 Å². The number of aliphatic hydroxyl groups excluding tert-OH is 1. The van der Waals surface area contributed by atoms with Crippen molar-refractivity contribution < 1.29 is 24.5 Å². The van der Waals surface area contributed by atoms with E-state index in [0.29, 0.717) is 19.7 Å². The molecule has 0 aromatic heterocycles. The van der Waals surface area contributed by atoms with E-state index in [4.69, 9.17) is 9.84 Å². The molecule has 172 valence electrons. The number of amides is 1. The van der Waals surface area contributed by atoms with Gasteiger partial charge in [0.2, 0.25) is 5.91 Å². The van der Waals surface area contributed by atoms with Gasteiger partial charge in [-0.25, -0.2) is 0 Å². The molecule has 3 rings (SSSR count). The van der Waals surface area contributed by atoms with Crippen LogP contribution in [0.4, 0.5) is 0 Å². The maximum Gasteiger partial charge on any atom is 0.303 e. The van der Waals surface area contributed by atoms with E-state index >= 15 is 0 Å². The van der Waals surface area contributed by atoms with Crippen molar-refractivity contribution in [1.82, 2.24) is 10.2 Å². The van der Waals surface area contributed by atoms with Crippen molar-refractivity contribution in [2.24, 2.45) is 0 Å². The molecule has 1 aromatic carbocycles. The van der Waals surface area contributed by atoms with Gasteiger partial charge in [-0.05, 0) is 31.7 Å². The number of unbranched alkanes of at least 4 members (excludes halogenated alkanes) is 7. The largest absolute Gasteiger partial charge is 0.493 e. The molecule has 0 saturated carbocycles. The Morgan fingerprint density at radius 2 is 1.81 bits per heavy atom. The molecule has 0 radical (unpaired) electrons. The van der Waals surface area contributed by atoms with Gasteiger partial charge in [0.1, 0.15) is 12.0 Å². The summed E-state index contributed by atoms with van der Waals surface area (Å²) in [6, 6.07) is 5.50. The molecule has 31 heavy (non-hydrogen) atoms. The summed E-state index contributed by atoms with van der Waals surface area (Å²) < 4.78 is 6.05. The Bertz CT molecular complexity index is 739. The van der Waals surface area contributed by atoms with Gasteiger partial charge in [0.25, 0.3) is 0 Å². The molecule has 0 bridgehead atoms. The van der Waals surface area contributed by atoms with E-state index in [1.807, 2.05) is 23.1 Å². The molecule has 2 atom stereocenters. The van der Waals surface area contributed by atoms with Crippen LogP contribution in [-0.2, 0) is 16.1 Å². The zero-order chi connectivity index (χ0) is 22.1. The molecule has 1 amide bonds. The molecule has 7 nitrogen and oxygen atoms in total. The van der Waals surface area contributed by atoms with E-state index in [0.717, 1.165) is 68.2 Å². The molecule has 1 aromatic rings. The number of carboxylic acid groups (broad SMARTS) is 1.